The number of benzene rings is 1. The SMILES string of the molecule is Cc1ccc(-c2cc(C(=O)N3CCC[C@H]3C(=O)O)[nH]n2)cc1C. The molecular weight excluding hydrogens is 294 g/mol. The van der Waals surface area contributed by atoms with Crippen LogP contribution in [0.4, 0.5) is 0 Å². The fourth-order valence-corrected chi connectivity index (χ4v) is 2.90. The van der Waals surface area contributed by atoms with Crippen LogP contribution < -0.4 is 0 Å². The Balaban J connectivity index is 1.85. The number of H-pyrrole nitrogens is 1. The fourth-order valence-electron chi connectivity index (χ4n) is 2.90. The number of aryl methyl sites for hydroxylation is 2. The van der Waals surface area contributed by atoms with E-state index < -0.39 is 12.0 Å². The number of hydrogen-bond donors (Lipinski definition) is 2. The molecule has 1 amide bonds. The third kappa shape index (κ3) is 2.84. The highest BCUT2D eigenvalue weighted by Gasteiger charge is 2.35. The number of hydrogen-bond acceptors (Lipinski definition) is 3. The van der Waals surface area contributed by atoms with Crippen LogP contribution in [0.2, 0.25) is 0 Å². The number of carbonyl (C=O) groups is 2. The zero-order valence-corrected chi connectivity index (χ0v) is 13.2. The average molecular weight is 313 g/mol. The monoisotopic (exact) mass is 313 g/mol. The molecule has 1 fully saturated rings. The van der Waals surface area contributed by atoms with Gasteiger partial charge in [-0.25, -0.2) is 4.79 Å². The predicted molar refractivity (Wildman–Crippen MR) is 85.2 cm³/mol. The molecule has 1 aromatic carbocycles. The van der Waals surface area contributed by atoms with Gasteiger partial charge in [-0.1, -0.05) is 12.1 Å². The molecule has 0 saturated carbocycles. The van der Waals surface area contributed by atoms with Crippen molar-refractivity contribution in [1.82, 2.24) is 15.1 Å². The number of rotatable bonds is 3. The van der Waals surface area contributed by atoms with Crippen molar-refractivity contribution in [1.29, 1.82) is 0 Å². The largest absolute Gasteiger partial charge is 0.480 e. The van der Waals surface area contributed by atoms with Gasteiger partial charge in [-0.15, -0.1) is 0 Å². The van der Waals surface area contributed by atoms with Gasteiger partial charge in [0.05, 0.1) is 5.69 Å². The van der Waals surface area contributed by atoms with E-state index in [1.807, 2.05) is 32.0 Å². The Morgan fingerprint density at radius 2 is 2.04 bits per heavy atom. The first-order valence-electron chi connectivity index (χ1n) is 7.64. The lowest BCUT2D eigenvalue weighted by molar-refractivity contribution is -0.141. The molecule has 120 valence electrons. The Hall–Kier alpha value is -2.63. The third-order valence-electron chi connectivity index (χ3n) is 4.41. The molecule has 0 radical (unpaired) electrons. The topological polar surface area (TPSA) is 86.3 Å². The van der Waals surface area contributed by atoms with E-state index in [0.717, 1.165) is 11.1 Å². The highest BCUT2D eigenvalue weighted by molar-refractivity contribution is 5.96. The van der Waals surface area contributed by atoms with Crippen molar-refractivity contribution in [3.63, 3.8) is 0 Å². The number of aromatic nitrogens is 2. The first-order chi connectivity index (χ1) is 11.0. The van der Waals surface area contributed by atoms with E-state index in [1.165, 1.54) is 10.5 Å². The van der Waals surface area contributed by atoms with Gasteiger partial charge in [0, 0.05) is 12.1 Å². The van der Waals surface area contributed by atoms with Gasteiger partial charge in [0.15, 0.2) is 0 Å². The molecule has 0 aliphatic carbocycles. The second-order valence-electron chi connectivity index (χ2n) is 5.96. The summed E-state index contributed by atoms with van der Waals surface area (Å²) >= 11 is 0. The van der Waals surface area contributed by atoms with Gasteiger partial charge >= 0.3 is 5.97 Å². The van der Waals surface area contributed by atoms with Gasteiger partial charge in [-0.05, 0) is 49.9 Å². The summed E-state index contributed by atoms with van der Waals surface area (Å²) in [4.78, 5) is 25.1. The van der Waals surface area contributed by atoms with Gasteiger partial charge in [-0.2, -0.15) is 5.10 Å². The molecule has 2 aromatic rings. The molecule has 1 aliphatic heterocycles. The predicted octanol–water partition coefficient (Wildman–Crippen LogP) is 2.38. The lowest BCUT2D eigenvalue weighted by Crippen LogP contribution is -2.40. The van der Waals surface area contributed by atoms with Gasteiger partial charge in [0.1, 0.15) is 11.7 Å². The van der Waals surface area contributed by atoms with Gasteiger partial charge < -0.3 is 10.0 Å². The van der Waals surface area contributed by atoms with E-state index >= 15 is 0 Å². The van der Waals surface area contributed by atoms with E-state index in [4.69, 9.17) is 0 Å². The fraction of sp³-hybridized carbons (Fsp3) is 0.353. The molecule has 2 heterocycles. The number of carboxylic acid groups (broad SMARTS) is 1. The van der Waals surface area contributed by atoms with Crippen molar-refractivity contribution in [2.45, 2.75) is 32.7 Å². The molecule has 1 atom stereocenters. The Morgan fingerprint density at radius 1 is 1.26 bits per heavy atom. The molecule has 0 bridgehead atoms. The number of nitrogens with zero attached hydrogens (tertiary/aromatic N) is 2. The first kappa shape index (κ1) is 15.3. The Morgan fingerprint density at radius 3 is 2.74 bits per heavy atom. The van der Waals surface area contributed by atoms with Crippen molar-refractivity contribution in [2.75, 3.05) is 6.54 Å². The highest BCUT2D eigenvalue weighted by Crippen LogP contribution is 2.24. The van der Waals surface area contributed by atoms with Crippen LogP contribution in [0.15, 0.2) is 24.3 Å². The molecular formula is C17H19N3O3. The normalized spacial score (nSPS) is 17.5. The summed E-state index contributed by atoms with van der Waals surface area (Å²) in [5.41, 5.74) is 4.29. The second kappa shape index (κ2) is 5.87. The average Bonchev–Trinajstić information content (AvgIpc) is 3.18. The maximum atomic E-state index is 12.5. The zero-order valence-electron chi connectivity index (χ0n) is 13.2. The van der Waals surface area contributed by atoms with Crippen LogP contribution >= 0.6 is 0 Å². The number of carboxylic acids is 1. The van der Waals surface area contributed by atoms with Crippen molar-refractivity contribution in [3.8, 4) is 11.3 Å². The van der Waals surface area contributed by atoms with Crippen LogP contribution in [0.3, 0.4) is 0 Å². The number of nitrogens with one attached hydrogen (secondary N) is 1. The van der Waals surface area contributed by atoms with Crippen LogP contribution in [0, 0.1) is 13.8 Å². The smallest absolute Gasteiger partial charge is 0.326 e. The maximum Gasteiger partial charge on any atom is 0.326 e. The number of likely N-dealkylation sites (tertiary alicyclic amines) is 1. The lowest BCUT2D eigenvalue weighted by Gasteiger charge is -2.20. The molecule has 6 nitrogen and oxygen atoms in total. The van der Waals surface area contributed by atoms with E-state index in [1.54, 1.807) is 6.07 Å². The summed E-state index contributed by atoms with van der Waals surface area (Å²) in [6, 6.07) is 6.94. The highest BCUT2D eigenvalue weighted by atomic mass is 16.4. The molecule has 3 rings (SSSR count). The van der Waals surface area contributed by atoms with Crippen molar-refractivity contribution >= 4 is 11.9 Å². The minimum atomic E-state index is -0.954. The third-order valence-corrected chi connectivity index (χ3v) is 4.41. The summed E-state index contributed by atoms with van der Waals surface area (Å²) in [5, 5.41) is 16.1. The van der Waals surface area contributed by atoms with E-state index in [-0.39, 0.29) is 5.91 Å². The molecule has 1 saturated heterocycles. The van der Waals surface area contributed by atoms with E-state index in [2.05, 4.69) is 10.2 Å². The Labute approximate surface area is 134 Å². The number of carbonyl (C=O) groups excluding carboxylic acids is 1. The number of aliphatic carboxylic acids is 1. The van der Waals surface area contributed by atoms with E-state index in [9.17, 15) is 14.7 Å². The molecule has 23 heavy (non-hydrogen) atoms. The van der Waals surface area contributed by atoms with Crippen molar-refractivity contribution in [3.05, 3.63) is 41.1 Å². The van der Waals surface area contributed by atoms with Crippen molar-refractivity contribution < 1.29 is 14.7 Å². The molecule has 1 aliphatic rings. The summed E-state index contributed by atoms with van der Waals surface area (Å²) < 4.78 is 0. The molecule has 1 aromatic heterocycles. The van der Waals surface area contributed by atoms with Crippen LogP contribution in [0.25, 0.3) is 11.3 Å². The van der Waals surface area contributed by atoms with Crippen LogP contribution in [0.5, 0.6) is 0 Å². The standard InChI is InChI=1S/C17H19N3O3/c1-10-5-6-12(8-11(10)2)13-9-14(19-18-13)16(21)20-7-3-4-15(20)17(22)23/h5-6,8-9,15H,3-4,7H2,1-2H3,(H,18,19)(H,22,23)/t15-/m0/s1. The Bertz CT molecular complexity index is 766. The van der Waals surface area contributed by atoms with Gasteiger partial charge in [0.2, 0.25) is 0 Å². The number of amides is 1. The van der Waals surface area contributed by atoms with E-state index in [0.29, 0.717) is 30.8 Å². The minimum absolute atomic E-state index is 0.308. The molecule has 0 unspecified atom stereocenters. The zero-order chi connectivity index (χ0) is 16.6. The summed E-state index contributed by atoms with van der Waals surface area (Å²) in [6.07, 6.45) is 1.21. The van der Waals surface area contributed by atoms with Crippen molar-refractivity contribution in [2.24, 2.45) is 0 Å². The van der Waals surface area contributed by atoms with Crippen LogP contribution in [-0.4, -0.2) is 44.7 Å². The quantitative estimate of drug-likeness (QED) is 0.911. The second-order valence-corrected chi connectivity index (χ2v) is 5.96. The Kier molecular flexibility index (Phi) is 3.90. The molecule has 0 spiro atoms. The van der Waals surface area contributed by atoms with Gasteiger partial charge in [-0.3, -0.25) is 9.89 Å². The minimum Gasteiger partial charge on any atom is -0.480 e. The lowest BCUT2D eigenvalue weighted by atomic mass is 10.0. The van der Waals surface area contributed by atoms with Crippen LogP contribution in [-0.2, 0) is 4.79 Å². The summed E-state index contributed by atoms with van der Waals surface area (Å²) in [7, 11) is 0. The number of aromatic amines is 1. The summed E-state index contributed by atoms with van der Waals surface area (Å²) in [5.74, 6) is -1.26. The van der Waals surface area contributed by atoms with Gasteiger partial charge in [0.25, 0.3) is 5.91 Å². The summed E-state index contributed by atoms with van der Waals surface area (Å²) in [6.45, 7) is 4.53. The van der Waals surface area contributed by atoms with Crippen LogP contribution in [0.1, 0.15) is 34.5 Å². The first-order valence-corrected chi connectivity index (χ1v) is 7.64. The molecule has 2 N–H and O–H groups in total. The maximum absolute atomic E-state index is 12.5. The molecule has 6 heteroatoms.